The number of carbonyl (C=O) groups excluding carboxylic acids is 1. The summed E-state index contributed by atoms with van der Waals surface area (Å²) >= 11 is 5.99. The van der Waals surface area contributed by atoms with Crippen molar-refractivity contribution in [2.75, 3.05) is 13.1 Å². The monoisotopic (exact) mass is 425 g/mol. The Morgan fingerprint density at radius 3 is 2.35 bits per heavy atom. The molecule has 1 atom stereocenters. The lowest BCUT2D eigenvalue weighted by Crippen LogP contribution is -2.42. The Labute approximate surface area is 148 Å². The van der Waals surface area contributed by atoms with Crippen molar-refractivity contribution in [2.24, 2.45) is 0 Å². The molecule has 1 heterocycles. The number of hydrogen-bond acceptors (Lipinski definition) is 4. The molecule has 0 aromatic heterocycles. The topological polar surface area (TPSA) is 63.7 Å². The minimum absolute atomic E-state index is 0.0824. The van der Waals surface area contributed by atoms with Gasteiger partial charge in [-0.05, 0) is 18.1 Å². The molecule has 1 amide bonds. The smallest absolute Gasteiger partial charge is 0.376 e. The van der Waals surface area contributed by atoms with Crippen LogP contribution in [-0.4, -0.2) is 44.0 Å². The van der Waals surface area contributed by atoms with E-state index in [1.54, 1.807) is 0 Å². The molecule has 0 aliphatic carbocycles. The summed E-state index contributed by atoms with van der Waals surface area (Å²) in [5.74, 6) is -2.85. The van der Waals surface area contributed by atoms with E-state index in [0.717, 1.165) is 12.1 Å². The highest BCUT2D eigenvalue weighted by atomic mass is 35.5. The molecule has 0 bridgehead atoms. The van der Waals surface area contributed by atoms with Crippen LogP contribution < -0.4 is 4.18 Å². The molecule has 0 N–H and O–H groups in total. The first-order valence-corrected chi connectivity index (χ1v) is 8.71. The molecular weight excluding hydrogens is 416 g/mol. The number of rotatable bonds is 2. The second-order valence-corrected chi connectivity index (χ2v) is 7.34. The predicted octanol–water partition coefficient (Wildman–Crippen LogP) is 3.14. The highest BCUT2D eigenvalue weighted by Crippen LogP contribution is 2.37. The molecule has 13 heteroatoms. The summed E-state index contributed by atoms with van der Waals surface area (Å²) in [7, 11) is -5.97. The second kappa shape index (κ2) is 6.80. The fourth-order valence-electron chi connectivity index (χ4n) is 2.38. The van der Waals surface area contributed by atoms with Crippen molar-refractivity contribution >= 4 is 27.6 Å². The van der Waals surface area contributed by atoms with Gasteiger partial charge < -0.3 is 9.08 Å². The third-order valence-corrected chi connectivity index (χ3v) is 4.87. The van der Waals surface area contributed by atoms with Crippen LogP contribution in [0.3, 0.4) is 0 Å². The van der Waals surface area contributed by atoms with Crippen LogP contribution in [0.5, 0.6) is 5.75 Å². The predicted molar refractivity (Wildman–Crippen MR) is 77.0 cm³/mol. The number of fused-ring (bicyclic) bond motifs is 1. The van der Waals surface area contributed by atoms with Crippen LogP contribution in [0.1, 0.15) is 16.5 Å². The average Bonchev–Trinajstić information content (AvgIpc) is 2.64. The summed E-state index contributed by atoms with van der Waals surface area (Å²) in [6, 6.07) is 3.38. The molecule has 1 aromatic carbocycles. The van der Waals surface area contributed by atoms with E-state index >= 15 is 0 Å². The fraction of sp³-hybridized carbons (Fsp3) is 0.462. The van der Waals surface area contributed by atoms with Gasteiger partial charge in [-0.2, -0.15) is 34.8 Å². The van der Waals surface area contributed by atoms with Crippen LogP contribution in [0.25, 0.3) is 0 Å². The third-order valence-electron chi connectivity index (χ3n) is 3.53. The van der Waals surface area contributed by atoms with Crippen LogP contribution in [0.4, 0.5) is 26.3 Å². The van der Waals surface area contributed by atoms with Crippen molar-refractivity contribution in [3.63, 3.8) is 0 Å². The van der Waals surface area contributed by atoms with Gasteiger partial charge in [0.1, 0.15) is 5.75 Å². The maximum Gasteiger partial charge on any atom is 0.534 e. The molecule has 2 rings (SSSR count). The summed E-state index contributed by atoms with van der Waals surface area (Å²) in [5, 5.41) is -1.20. The van der Waals surface area contributed by atoms with Crippen molar-refractivity contribution in [2.45, 2.75) is 23.5 Å². The lowest BCUT2D eigenvalue weighted by molar-refractivity contribution is -0.185. The van der Waals surface area contributed by atoms with Crippen LogP contribution in [0.2, 0.25) is 0 Å². The zero-order chi connectivity index (χ0) is 19.9. The van der Waals surface area contributed by atoms with Gasteiger partial charge in [0.05, 0.1) is 5.38 Å². The van der Waals surface area contributed by atoms with Crippen molar-refractivity contribution in [1.82, 2.24) is 4.90 Å². The molecule has 1 aromatic rings. The minimum atomic E-state index is -5.97. The molecule has 0 radical (unpaired) electrons. The van der Waals surface area contributed by atoms with E-state index in [4.69, 9.17) is 11.6 Å². The maximum absolute atomic E-state index is 12.6. The molecule has 1 unspecified atom stereocenters. The maximum atomic E-state index is 12.6. The molecule has 1 aliphatic heterocycles. The van der Waals surface area contributed by atoms with E-state index in [1.807, 2.05) is 0 Å². The van der Waals surface area contributed by atoms with Gasteiger partial charge in [0.25, 0.3) is 0 Å². The van der Waals surface area contributed by atoms with Gasteiger partial charge >= 0.3 is 27.7 Å². The number of benzene rings is 1. The Kier molecular flexibility index (Phi) is 5.39. The van der Waals surface area contributed by atoms with Crippen LogP contribution in [0, 0.1) is 0 Å². The Morgan fingerprint density at radius 1 is 1.19 bits per heavy atom. The molecule has 0 saturated heterocycles. The molecule has 0 spiro atoms. The zero-order valence-corrected chi connectivity index (χ0v) is 14.1. The van der Waals surface area contributed by atoms with Gasteiger partial charge in [-0.15, -0.1) is 11.6 Å². The van der Waals surface area contributed by atoms with Crippen LogP contribution in [-0.2, 0) is 21.3 Å². The highest BCUT2D eigenvalue weighted by molar-refractivity contribution is 7.88. The van der Waals surface area contributed by atoms with Gasteiger partial charge in [0.15, 0.2) is 0 Å². The summed E-state index contributed by atoms with van der Waals surface area (Å²) in [6.07, 6.45) is -5.52. The van der Waals surface area contributed by atoms with Crippen molar-refractivity contribution < 1.29 is 43.7 Å². The molecule has 0 fully saturated rings. The lowest BCUT2D eigenvalue weighted by Gasteiger charge is -2.23. The van der Waals surface area contributed by atoms with E-state index in [0.29, 0.717) is 4.90 Å². The molecular formula is C13H10ClF6NO4S. The van der Waals surface area contributed by atoms with Crippen molar-refractivity contribution in [3.05, 3.63) is 29.3 Å². The van der Waals surface area contributed by atoms with Gasteiger partial charge in [0, 0.05) is 18.7 Å². The number of amides is 1. The minimum Gasteiger partial charge on any atom is -0.376 e. The van der Waals surface area contributed by atoms with Crippen LogP contribution >= 0.6 is 11.6 Å². The van der Waals surface area contributed by atoms with Gasteiger partial charge in [0.2, 0.25) is 0 Å². The average molecular weight is 426 g/mol. The molecule has 146 valence electrons. The summed E-state index contributed by atoms with van der Waals surface area (Å²) in [5.41, 5.74) is -5.71. The first-order chi connectivity index (χ1) is 11.7. The summed E-state index contributed by atoms with van der Waals surface area (Å²) in [6.45, 7) is -1.08. The Bertz CT molecular complexity index is 808. The van der Waals surface area contributed by atoms with Crippen molar-refractivity contribution in [3.8, 4) is 5.75 Å². The molecule has 26 heavy (non-hydrogen) atoms. The summed E-state index contributed by atoms with van der Waals surface area (Å²) < 4.78 is 102. The molecule has 5 nitrogen and oxygen atoms in total. The number of alkyl halides is 7. The Morgan fingerprint density at radius 2 is 1.81 bits per heavy atom. The number of halogens is 7. The van der Waals surface area contributed by atoms with E-state index in [1.165, 1.54) is 6.07 Å². The molecule has 1 aliphatic rings. The first-order valence-electron chi connectivity index (χ1n) is 6.87. The van der Waals surface area contributed by atoms with Crippen LogP contribution in [0.15, 0.2) is 18.2 Å². The third kappa shape index (κ3) is 4.17. The van der Waals surface area contributed by atoms with E-state index in [9.17, 15) is 39.6 Å². The van der Waals surface area contributed by atoms with Gasteiger partial charge in [-0.1, -0.05) is 12.1 Å². The highest BCUT2D eigenvalue weighted by Gasteiger charge is 2.49. The largest absolute Gasteiger partial charge is 0.534 e. The van der Waals surface area contributed by atoms with E-state index < -0.39 is 51.9 Å². The van der Waals surface area contributed by atoms with Gasteiger partial charge in [-0.25, -0.2) is 0 Å². The standard InChI is InChI=1S/C13H10ClF6NO4S/c14-9-6-21(11(22)12(15,16)17)5-4-8-7(9)2-1-3-10(8)25-26(23,24)13(18,19)20/h1-3,9H,4-6H2. The summed E-state index contributed by atoms with van der Waals surface area (Å²) in [4.78, 5) is 11.8. The first kappa shape index (κ1) is 20.6. The van der Waals surface area contributed by atoms with Crippen molar-refractivity contribution in [1.29, 1.82) is 0 Å². The van der Waals surface area contributed by atoms with E-state index in [-0.39, 0.29) is 17.5 Å². The molecule has 0 saturated carbocycles. The number of hydrogen-bond donors (Lipinski definition) is 0. The number of carbonyl (C=O) groups is 1. The fourth-order valence-corrected chi connectivity index (χ4v) is 3.24. The Balaban J connectivity index is 2.38. The lowest BCUT2D eigenvalue weighted by atomic mass is 10.0. The zero-order valence-electron chi connectivity index (χ0n) is 12.6. The SMILES string of the molecule is O=C(N1CCc2c(OS(=O)(=O)C(F)(F)F)cccc2C(Cl)C1)C(F)(F)F. The van der Waals surface area contributed by atoms with Gasteiger partial charge in [-0.3, -0.25) is 4.79 Å². The second-order valence-electron chi connectivity index (χ2n) is 5.27. The normalized spacial score (nSPS) is 18.9. The Hall–Kier alpha value is -1.69. The number of nitrogens with zero attached hydrogens (tertiary/aromatic N) is 1. The van der Waals surface area contributed by atoms with E-state index in [2.05, 4.69) is 4.18 Å². The quantitative estimate of drug-likeness (QED) is 0.316.